The normalized spacial score (nSPS) is 12.8. The number of carbonyl (C=O) groups is 3. The highest BCUT2D eigenvalue weighted by Gasteiger charge is 2.39. The minimum atomic E-state index is -0.918. The molecule has 4 rings (SSSR count). The van der Waals surface area contributed by atoms with E-state index in [1.54, 1.807) is 24.3 Å². The van der Waals surface area contributed by atoms with Gasteiger partial charge in [-0.25, -0.2) is 14.8 Å². The smallest absolute Gasteiger partial charge is 0.323 e. The molecule has 2 aromatic carbocycles. The molecule has 26 heavy (non-hydrogen) atoms. The van der Waals surface area contributed by atoms with Crippen molar-refractivity contribution in [3.63, 3.8) is 0 Å². The zero-order valence-electron chi connectivity index (χ0n) is 13.3. The lowest BCUT2D eigenvalue weighted by Crippen LogP contribution is -2.33. The van der Waals surface area contributed by atoms with Crippen molar-refractivity contribution in [3.8, 4) is 11.4 Å². The molecular formula is C19H11N3O4. The van der Waals surface area contributed by atoms with E-state index in [0.29, 0.717) is 10.9 Å². The number of hydrogen-bond donors (Lipinski definition) is 0. The van der Waals surface area contributed by atoms with Gasteiger partial charge in [-0.15, -0.1) is 0 Å². The van der Waals surface area contributed by atoms with Crippen molar-refractivity contribution in [2.45, 2.75) is 0 Å². The lowest BCUT2D eigenvalue weighted by molar-refractivity contribution is -0.0588. The first-order valence-electron chi connectivity index (χ1n) is 7.74. The predicted octanol–water partition coefficient (Wildman–Crippen LogP) is 2.51. The maximum Gasteiger partial charge on any atom is 0.382 e. The molecule has 0 radical (unpaired) electrons. The highest BCUT2D eigenvalue weighted by atomic mass is 16.7. The predicted molar refractivity (Wildman–Crippen MR) is 89.8 cm³/mol. The Bertz CT molecular complexity index is 999. The van der Waals surface area contributed by atoms with Crippen LogP contribution in [0.25, 0.3) is 11.4 Å². The lowest BCUT2D eigenvalue weighted by Gasteiger charge is -2.12. The van der Waals surface area contributed by atoms with Crippen LogP contribution in [0.5, 0.6) is 0 Å². The van der Waals surface area contributed by atoms with E-state index in [1.807, 2.05) is 18.2 Å². The standard InChI is InChI=1S/C19H11N3O4/c23-17-13-8-4-5-9-14(13)18(24)22(17)26-19(25)15-10-11-20-16(21-15)12-6-2-1-3-7-12/h1-11H. The van der Waals surface area contributed by atoms with Gasteiger partial charge in [-0.2, -0.15) is 0 Å². The summed E-state index contributed by atoms with van der Waals surface area (Å²) >= 11 is 0. The second-order valence-corrected chi connectivity index (χ2v) is 5.46. The van der Waals surface area contributed by atoms with E-state index >= 15 is 0 Å². The largest absolute Gasteiger partial charge is 0.382 e. The third-order valence-corrected chi connectivity index (χ3v) is 3.83. The molecule has 0 saturated heterocycles. The summed E-state index contributed by atoms with van der Waals surface area (Å²) in [4.78, 5) is 50.2. The maximum absolute atomic E-state index is 12.4. The topological polar surface area (TPSA) is 89.5 Å². The molecule has 0 unspecified atom stereocenters. The SMILES string of the molecule is O=C(ON1C(=O)c2ccccc2C1=O)c1ccnc(-c2ccccc2)n1. The van der Waals surface area contributed by atoms with Gasteiger partial charge in [0, 0.05) is 11.8 Å². The molecule has 0 spiro atoms. The van der Waals surface area contributed by atoms with Crippen LogP contribution in [0.4, 0.5) is 0 Å². The number of imide groups is 1. The molecule has 0 N–H and O–H groups in total. The molecule has 3 aromatic rings. The van der Waals surface area contributed by atoms with E-state index in [4.69, 9.17) is 4.84 Å². The number of fused-ring (bicyclic) bond motifs is 1. The van der Waals surface area contributed by atoms with Gasteiger partial charge in [0.1, 0.15) is 0 Å². The Morgan fingerprint density at radius 2 is 1.46 bits per heavy atom. The average Bonchev–Trinajstić information content (AvgIpc) is 2.94. The van der Waals surface area contributed by atoms with Crippen molar-refractivity contribution in [1.29, 1.82) is 0 Å². The number of hydroxylamine groups is 2. The molecule has 0 atom stereocenters. The molecule has 0 aliphatic carbocycles. The van der Waals surface area contributed by atoms with Crippen LogP contribution in [-0.4, -0.2) is 32.8 Å². The van der Waals surface area contributed by atoms with Gasteiger partial charge in [0.25, 0.3) is 11.8 Å². The summed E-state index contributed by atoms with van der Waals surface area (Å²) in [5.41, 5.74) is 1.05. The number of amides is 2. The molecule has 1 aromatic heterocycles. The fourth-order valence-corrected chi connectivity index (χ4v) is 2.58. The van der Waals surface area contributed by atoms with Crippen molar-refractivity contribution in [1.82, 2.24) is 15.0 Å². The Morgan fingerprint density at radius 3 is 2.12 bits per heavy atom. The molecule has 7 heteroatoms. The van der Waals surface area contributed by atoms with Crippen molar-refractivity contribution < 1.29 is 19.2 Å². The summed E-state index contributed by atoms with van der Waals surface area (Å²) < 4.78 is 0. The van der Waals surface area contributed by atoms with Gasteiger partial charge in [-0.05, 0) is 18.2 Å². The number of benzene rings is 2. The highest BCUT2D eigenvalue weighted by molar-refractivity contribution is 6.21. The fraction of sp³-hybridized carbons (Fsp3) is 0. The Kier molecular flexibility index (Phi) is 3.74. The maximum atomic E-state index is 12.4. The van der Waals surface area contributed by atoms with Crippen LogP contribution in [0.3, 0.4) is 0 Å². The number of rotatable bonds is 3. The molecule has 2 amide bonds. The lowest BCUT2D eigenvalue weighted by atomic mass is 10.1. The van der Waals surface area contributed by atoms with E-state index in [-0.39, 0.29) is 16.8 Å². The fourth-order valence-electron chi connectivity index (χ4n) is 2.58. The third kappa shape index (κ3) is 2.61. The van der Waals surface area contributed by atoms with Crippen molar-refractivity contribution in [2.75, 3.05) is 0 Å². The molecule has 0 fully saturated rings. The van der Waals surface area contributed by atoms with E-state index in [0.717, 1.165) is 5.56 Å². The number of nitrogens with zero attached hydrogens (tertiary/aromatic N) is 3. The summed E-state index contributed by atoms with van der Waals surface area (Å²) in [5.74, 6) is -1.95. The molecule has 0 saturated carbocycles. The Hall–Kier alpha value is -3.87. The zero-order chi connectivity index (χ0) is 18.1. The van der Waals surface area contributed by atoms with Gasteiger partial charge < -0.3 is 4.84 Å². The van der Waals surface area contributed by atoms with Gasteiger partial charge in [-0.1, -0.05) is 47.5 Å². The highest BCUT2D eigenvalue weighted by Crippen LogP contribution is 2.23. The molecule has 2 heterocycles. The van der Waals surface area contributed by atoms with E-state index in [2.05, 4.69) is 9.97 Å². The number of hydrogen-bond acceptors (Lipinski definition) is 6. The molecule has 1 aliphatic rings. The summed E-state index contributed by atoms with van der Waals surface area (Å²) in [6.45, 7) is 0. The summed E-state index contributed by atoms with van der Waals surface area (Å²) in [6.07, 6.45) is 1.41. The Balaban J connectivity index is 1.58. The van der Waals surface area contributed by atoms with Gasteiger partial charge in [0.15, 0.2) is 11.5 Å². The van der Waals surface area contributed by atoms with E-state index in [1.165, 1.54) is 24.4 Å². The van der Waals surface area contributed by atoms with Gasteiger partial charge in [0.05, 0.1) is 11.1 Å². The zero-order valence-corrected chi connectivity index (χ0v) is 13.3. The van der Waals surface area contributed by atoms with E-state index < -0.39 is 17.8 Å². The average molecular weight is 345 g/mol. The monoisotopic (exact) mass is 345 g/mol. The van der Waals surface area contributed by atoms with Crippen LogP contribution in [0.15, 0.2) is 66.9 Å². The van der Waals surface area contributed by atoms with Crippen LogP contribution in [-0.2, 0) is 4.84 Å². The molecule has 7 nitrogen and oxygen atoms in total. The summed E-state index contributed by atoms with van der Waals surface area (Å²) in [5, 5.41) is 0.456. The Labute approximate surface area is 147 Å². The molecule has 126 valence electrons. The molecule has 1 aliphatic heterocycles. The second kappa shape index (κ2) is 6.21. The van der Waals surface area contributed by atoms with Crippen LogP contribution >= 0.6 is 0 Å². The van der Waals surface area contributed by atoms with Gasteiger partial charge >= 0.3 is 5.97 Å². The van der Waals surface area contributed by atoms with Crippen molar-refractivity contribution >= 4 is 17.8 Å². The van der Waals surface area contributed by atoms with Crippen LogP contribution in [0.2, 0.25) is 0 Å². The van der Waals surface area contributed by atoms with Crippen LogP contribution < -0.4 is 0 Å². The first kappa shape index (κ1) is 15.6. The molecular weight excluding hydrogens is 334 g/mol. The quantitative estimate of drug-likeness (QED) is 0.678. The first-order valence-corrected chi connectivity index (χ1v) is 7.74. The van der Waals surface area contributed by atoms with Crippen molar-refractivity contribution in [3.05, 3.63) is 83.7 Å². The number of aromatic nitrogens is 2. The minimum Gasteiger partial charge on any atom is -0.323 e. The van der Waals surface area contributed by atoms with E-state index in [9.17, 15) is 14.4 Å². The molecule has 0 bridgehead atoms. The summed E-state index contributed by atoms with van der Waals surface area (Å²) in [6, 6.07) is 16.7. The second-order valence-electron chi connectivity index (χ2n) is 5.46. The first-order chi connectivity index (χ1) is 12.6. The summed E-state index contributed by atoms with van der Waals surface area (Å²) in [7, 11) is 0. The van der Waals surface area contributed by atoms with Crippen molar-refractivity contribution in [2.24, 2.45) is 0 Å². The number of carbonyl (C=O) groups excluding carboxylic acids is 3. The van der Waals surface area contributed by atoms with Crippen LogP contribution in [0, 0.1) is 0 Å². The minimum absolute atomic E-state index is 0.0598. The van der Waals surface area contributed by atoms with Crippen LogP contribution in [0.1, 0.15) is 31.2 Å². The van der Waals surface area contributed by atoms with Gasteiger partial charge in [-0.3, -0.25) is 9.59 Å². The third-order valence-electron chi connectivity index (χ3n) is 3.83. The Morgan fingerprint density at radius 1 is 0.846 bits per heavy atom. The van der Waals surface area contributed by atoms with Gasteiger partial charge in [0.2, 0.25) is 0 Å².